The summed E-state index contributed by atoms with van der Waals surface area (Å²) in [6, 6.07) is 17.5. The highest BCUT2D eigenvalue weighted by Crippen LogP contribution is 2.10. The van der Waals surface area contributed by atoms with Gasteiger partial charge in [-0.3, -0.25) is 9.59 Å². The fourth-order valence-corrected chi connectivity index (χ4v) is 2.61. The second-order valence-corrected chi connectivity index (χ2v) is 6.34. The SMILES string of the molecule is CC(=O)N(CCc1ccc(Cl)cc1)CC(=O)NCCc1ccccc1. The highest BCUT2D eigenvalue weighted by molar-refractivity contribution is 6.30. The van der Waals surface area contributed by atoms with Crippen LogP contribution in [-0.2, 0) is 22.4 Å². The van der Waals surface area contributed by atoms with Gasteiger partial charge in [0.25, 0.3) is 0 Å². The van der Waals surface area contributed by atoms with E-state index in [9.17, 15) is 9.59 Å². The maximum absolute atomic E-state index is 12.1. The number of benzene rings is 2. The lowest BCUT2D eigenvalue weighted by atomic mass is 10.1. The van der Waals surface area contributed by atoms with Gasteiger partial charge in [0.15, 0.2) is 0 Å². The highest BCUT2D eigenvalue weighted by atomic mass is 35.5. The van der Waals surface area contributed by atoms with E-state index in [1.807, 2.05) is 54.6 Å². The molecule has 0 saturated carbocycles. The van der Waals surface area contributed by atoms with Crippen molar-refractivity contribution in [2.75, 3.05) is 19.6 Å². The molecule has 25 heavy (non-hydrogen) atoms. The molecule has 0 atom stereocenters. The zero-order valence-electron chi connectivity index (χ0n) is 14.4. The van der Waals surface area contributed by atoms with Crippen molar-refractivity contribution in [3.63, 3.8) is 0 Å². The molecular weight excluding hydrogens is 336 g/mol. The Kier molecular flexibility index (Phi) is 7.48. The molecule has 0 radical (unpaired) electrons. The van der Waals surface area contributed by atoms with E-state index in [1.54, 1.807) is 4.90 Å². The molecule has 0 heterocycles. The van der Waals surface area contributed by atoms with Crippen LogP contribution in [0.4, 0.5) is 0 Å². The first-order valence-corrected chi connectivity index (χ1v) is 8.73. The normalized spacial score (nSPS) is 10.3. The summed E-state index contributed by atoms with van der Waals surface area (Å²) in [5.74, 6) is -0.241. The summed E-state index contributed by atoms with van der Waals surface area (Å²) in [5.41, 5.74) is 2.26. The second kappa shape index (κ2) is 9.84. The average Bonchev–Trinajstić information content (AvgIpc) is 2.60. The average molecular weight is 359 g/mol. The van der Waals surface area contributed by atoms with Crippen molar-refractivity contribution in [1.29, 1.82) is 0 Å². The van der Waals surface area contributed by atoms with Crippen molar-refractivity contribution in [3.05, 3.63) is 70.7 Å². The van der Waals surface area contributed by atoms with Crippen molar-refractivity contribution in [1.82, 2.24) is 10.2 Å². The lowest BCUT2D eigenvalue weighted by Gasteiger charge is -2.20. The molecule has 2 amide bonds. The van der Waals surface area contributed by atoms with E-state index in [0.717, 1.165) is 12.0 Å². The van der Waals surface area contributed by atoms with Crippen molar-refractivity contribution in [2.45, 2.75) is 19.8 Å². The molecule has 1 N–H and O–H groups in total. The second-order valence-electron chi connectivity index (χ2n) is 5.90. The maximum Gasteiger partial charge on any atom is 0.239 e. The molecule has 2 aromatic carbocycles. The van der Waals surface area contributed by atoms with Gasteiger partial charge < -0.3 is 10.2 Å². The molecule has 0 fully saturated rings. The van der Waals surface area contributed by atoms with Gasteiger partial charge in [-0.2, -0.15) is 0 Å². The Hall–Kier alpha value is -2.33. The monoisotopic (exact) mass is 358 g/mol. The topological polar surface area (TPSA) is 49.4 Å². The number of nitrogens with zero attached hydrogens (tertiary/aromatic N) is 1. The molecule has 2 rings (SSSR count). The van der Waals surface area contributed by atoms with Crippen molar-refractivity contribution >= 4 is 23.4 Å². The van der Waals surface area contributed by atoms with Crippen molar-refractivity contribution in [3.8, 4) is 0 Å². The molecule has 0 unspecified atom stereocenters. The van der Waals surface area contributed by atoms with Gasteiger partial charge in [0, 0.05) is 25.0 Å². The predicted molar refractivity (Wildman–Crippen MR) is 101 cm³/mol. The van der Waals surface area contributed by atoms with Crippen LogP contribution in [0, 0.1) is 0 Å². The number of halogens is 1. The molecule has 0 aromatic heterocycles. The van der Waals surface area contributed by atoms with Gasteiger partial charge in [0.05, 0.1) is 6.54 Å². The van der Waals surface area contributed by atoms with E-state index in [-0.39, 0.29) is 18.4 Å². The third-order valence-electron chi connectivity index (χ3n) is 3.94. The zero-order valence-corrected chi connectivity index (χ0v) is 15.1. The number of nitrogens with one attached hydrogen (secondary N) is 1. The minimum atomic E-state index is -0.137. The summed E-state index contributed by atoms with van der Waals surface area (Å²) in [4.78, 5) is 25.4. The standard InChI is InChI=1S/C20H23ClN2O2/c1-16(24)23(14-12-18-7-9-19(21)10-8-18)15-20(25)22-13-11-17-5-3-2-4-6-17/h2-10H,11-15H2,1H3,(H,22,25). The van der Waals surface area contributed by atoms with Crippen LogP contribution in [0.5, 0.6) is 0 Å². The Morgan fingerprint density at radius 1 is 0.960 bits per heavy atom. The van der Waals surface area contributed by atoms with Gasteiger partial charge in [-0.15, -0.1) is 0 Å². The predicted octanol–water partition coefficient (Wildman–Crippen LogP) is 3.09. The van der Waals surface area contributed by atoms with E-state index >= 15 is 0 Å². The van der Waals surface area contributed by atoms with Gasteiger partial charge in [-0.05, 0) is 36.1 Å². The Morgan fingerprint density at radius 3 is 2.24 bits per heavy atom. The molecular formula is C20H23ClN2O2. The molecule has 4 nitrogen and oxygen atoms in total. The molecule has 2 aromatic rings. The molecule has 0 aliphatic carbocycles. The first-order valence-electron chi connectivity index (χ1n) is 8.35. The number of amides is 2. The molecule has 0 saturated heterocycles. The molecule has 0 aliphatic rings. The molecule has 5 heteroatoms. The summed E-state index contributed by atoms with van der Waals surface area (Å²) in [6.45, 7) is 2.63. The van der Waals surface area contributed by atoms with Crippen molar-refractivity contribution in [2.24, 2.45) is 0 Å². The highest BCUT2D eigenvalue weighted by Gasteiger charge is 2.13. The van der Waals surface area contributed by atoms with Crippen LogP contribution in [-0.4, -0.2) is 36.3 Å². The van der Waals surface area contributed by atoms with Crippen LogP contribution in [0.15, 0.2) is 54.6 Å². The van der Waals surface area contributed by atoms with E-state index in [2.05, 4.69) is 5.32 Å². The van der Waals surface area contributed by atoms with Crippen LogP contribution in [0.1, 0.15) is 18.1 Å². The van der Waals surface area contributed by atoms with E-state index in [1.165, 1.54) is 12.5 Å². The third kappa shape index (κ3) is 6.98. The fourth-order valence-electron chi connectivity index (χ4n) is 2.48. The van der Waals surface area contributed by atoms with E-state index < -0.39 is 0 Å². The van der Waals surface area contributed by atoms with E-state index in [4.69, 9.17) is 11.6 Å². The Balaban J connectivity index is 1.76. The Labute approximate surface area is 153 Å². The summed E-state index contributed by atoms with van der Waals surface area (Å²) >= 11 is 5.87. The van der Waals surface area contributed by atoms with Crippen LogP contribution < -0.4 is 5.32 Å². The molecule has 0 spiro atoms. The quantitative estimate of drug-likeness (QED) is 0.788. The number of rotatable bonds is 8. The first-order chi connectivity index (χ1) is 12.0. The number of carbonyl (C=O) groups is 2. The van der Waals surface area contributed by atoms with Gasteiger partial charge in [-0.1, -0.05) is 54.1 Å². The van der Waals surface area contributed by atoms with Crippen LogP contribution in [0.3, 0.4) is 0 Å². The minimum Gasteiger partial charge on any atom is -0.354 e. The summed E-state index contributed by atoms with van der Waals surface area (Å²) < 4.78 is 0. The van der Waals surface area contributed by atoms with Crippen molar-refractivity contribution < 1.29 is 9.59 Å². The number of hydrogen-bond donors (Lipinski definition) is 1. The molecule has 0 bridgehead atoms. The lowest BCUT2D eigenvalue weighted by molar-refractivity contribution is -0.134. The van der Waals surface area contributed by atoms with Crippen LogP contribution in [0.2, 0.25) is 5.02 Å². The zero-order chi connectivity index (χ0) is 18.1. The molecule has 132 valence electrons. The molecule has 0 aliphatic heterocycles. The van der Waals surface area contributed by atoms with Gasteiger partial charge in [-0.25, -0.2) is 0 Å². The maximum atomic E-state index is 12.1. The van der Waals surface area contributed by atoms with Gasteiger partial charge >= 0.3 is 0 Å². The number of carbonyl (C=O) groups excluding carboxylic acids is 2. The van der Waals surface area contributed by atoms with Crippen LogP contribution >= 0.6 is 11.6 Å². The Bertz CT molecular complexity index is 687. The van der Waals surface area contributed by atoms with Crippen LogP contribution in [0.25, 0.3) is 0 Å². The lowest BCUT2D eigenvalue weighted by Crippen LogP contribution is -2.41. The number of hydrogen-bond acceptors (Lipinski definition) is 2. The smallest absolute Gasteiger partial charge is 0.239 e. The van der Waals surface area contributed by atoms with Gasteiger partial charge in [0.2, 0.25) is 11.8 Å². The minimum absolute atomic E-state index is 0.0811. The first kappa shape index (κ1) is 19.0. The summed E-state index contributed by atoms with van der Waals surface area (Å²) in [7, 11) is 0. The largest absolute Gasteiger partial charge is 0.354 e. The van der Waals surface area contributed by atoms with Gasteiger partial charge in [0.1, 0.15) is 0 Å². The third-order valence-corrected chi connectivity index (χ3v) is 4.19. The fraction of sp³-hybridized carbons (Fsp3) is 0.300. The van der Waals surface area contributed by atoms with E-state index in [0.29, 0.717) is 24.5 Å². The summed E-state index contributed by atoms with van der Waals surface area (Å²) in [5, 5.41) is 3.56. The Morgan fingerprint density at radius 2 is 1.60 bits per heavy atom. The summed E-state index contributed by atoms with van der Waals surface area (Å²) in [6.07, 6.45) is 1.46.